The highest BCUT2D eigenvalue weighted by Crippen LogP contribution is 2.53. The van der Waals surface area contributed by atoms with E-state index in [0.717, 1.165) is 41.8 Å². The molecule has 0 aromatic heterocycles. The minimum Gasteiger partial charge on any atom is -0.392 e. The summed E-state index contributed by atoms with van der Waals surface area (Å²) in [6, 6.07) is 16.3. The van der Waals surface area contributed by atoms with Gasteiger partial charge in [0, 0.05) is 37.7 Å². The summed E-state index contributed by atoms with van der Waals surface area (Å²) < 4.78 is 11.1. The molecule has 5 unspecified atom stereocenters. The number of rotatable bonds is 7. The van der Waals surface area contributed by atoms with E-state index in [4.69, 9.17) is 44.3 Å². The van der Waals surface area contributed by atoms with Crippen molar-refractivity contribution >= 4 is 40.7 Å². The molecule has 2 aliphatic heterocycles. The van der Waals surface area contributed by atoms with Crippen molar-refractivity contribution in [3.05, 3.63) is 70.8 Å². The normalized spacial score (nSPS) is 30.3. The van der Waals surface area contributed by atoms with Crippen LogP contribution in [0.4, 0.5) is 0 Å². The number of aliphatic hydroxyl groups excluding tert-OH is 1. The molecule has 40 heavy (non-hydrogen) atoms. The standard InChI is InChI=1S/C31H39Cl3N2O4/c1-29(2)13-24-14-30(3,18-29)19-36(24)16-25-12-26(22-8-6-21(17-37)7-9-22)40-27(39-25)23-10-4-20(5-11-23)15-35-28(38)31(32,33)34/h4-11,24-27,37H,12-19H2,1-3H3,(H,35,38). The van der Waals surface area contributed by atoms with Gasteiger partial charge in [-0.1, -0.05) is 104 Å². The Bertz CT molecular complexity index is 1180. The SMILES string of the molecule is CC1(C)CC2CC(C)(CN2CC2CC(c3ccc(CO)cc3)OC(c3ccc(CNC(=O)C(Cl)(Cl)Cl)cc3)O2)C1. The number of alkyl halides is 3. The van der Waals surface area contributed by atoms with E-state index in [1.807, 2.05) is 48.5 Å². The smallest absolute Gasteiger partial charge is 0.272 e. The van der Waals surface area contributed by atoms with E-state index >= 15 is 0 Å². The third-order valence-electron chi connectivity index (χ3n) is 8.54. The molecule has 2 aromatic carbocycles. The monoisotopic (exact) mass is 608 g/mol. The van der Waals surface area contributed by atoms with Crippen molar-refractivity contribution in [3.63, 3.8) is 0 Å². The predicted molar refractivity (Wildman–Crippen MR) is 158 cm³/mol. The summed E-state index contributed by atoms with van der Waals surface area (Å²) in [4.78, 5) is 14.6. The molecule has 2 saturated heterocycles. The number of carbonyl (C=O) groups is 1. The van der Waals surface area contributed by atoms with E-state index in [9.17, 15) is 9.90 Å². The Hall–Kier alpha value is -1.38. The molecule has 2 aromatic rings. The molecule has 5 rings (SSSR count). The van der Waals surface area contributed by atoms with Gasteiger partial charge in [0.05, 0.1) is 18.8 Å². The summed E-state index contributed by atoms with van der Waals surface area (Å²) in [6.07, 6.45) is 3.85. The zero-order chi connectivity index (χ0) is 28.7. The number of nitrogens with zero attached hydrogens (tertiary/aromatic N) is 1. The van der Waals surface area contributed by atoms with Gasteiger partial charge in [-0.05, 0) is 46.8 Å². The first-order chi connectivity index (χ1) is 18.8. The maximum Gasteiger partial charge on any atom is 0.272 e. The molecule has 1 saturated carbocycles. The Kier molecular flexibility index (Phi) is 8.81. The van der Waals surface area contributed by atoms with Gasteiger partial charge in [-0.15, -0.1) is 0 Å². The lowest BCUT2D eigenvalue weighted by molar-refractivity contribution is -0.253. The van der Waals surface area contributed by atoms with Gasteiger partial charge in [-0.2, -0.15) is 0 Å². The summed E-state index contributed by atoms with van der Waals surface area (Å²) in [5.74, 6) is -0.665. The van der Waals surface area contributed by atoms with Gasteiger partial charge in [-0.3, -0.25) is 9.69 Å². The molecule has 3 aliphatic rings. The number of nitrogens with one attached hydrogen (secondary N) is 1. The molecule has 9 heteroatoms. The Morgan fingerprint density at radius 1 is 1.00 bits per heavy atom. The van der Waals surface area contributed by atoms with E-state index in [1.165, 1.54) is 19.3 Å². The number of halogens is 3. The van der Waals surface area contributed by atoms with Crippen molar-refractivity contribution in [1.29, 1.82) is 0 Å². The first-order valence-corrected chi connectivity index (χ1v) is 15.1. The van der Waals surface area contributed by atoms with Gasteiger partial charge in [0.2, 0.25) is 0 Å². The fraction of sp³-hybridized carbons (Fsp3) is 0.581. The van der Waals surface area contributed by atoms with Crippen LogP contribution in [0.15, 0.2) is 48.5 Å². The number of ether oxygens (including phenoxy) is 2. The molecule has 0 radical (unpaired) electrons. The first-order valence-electron chi connectivity index (χ1n) is 14.0. The van der Waals surface area contributed by atoms with Crippen LogP contribution in [0.2, 0.25) is 0 Å². The quantitative estimate of drug-likeness (QED) is 0.346. The highest BCUT2D eigenvalue weighted by molar-refractivity contribution is 6.76. The van der Waals surface area contributed by atoms with Crippen LogP contribution in [-0.2, 0) is 27.4 Å². The van der Waals surface area contributed by atoms with E-state index < -0.39 is 16.0 Å². The molecular formula is C31H39Cl3N2O4. The van der Waals surface area contributed by atoms with Crippen molar-refractivity contribution < 1.29 is 19.4 Å². The molecule has 6 nitrogen and oxygen atoms in total. The zero-order valence-electron chi connectivity index (χ0n) is 23.3. The van der Waals surface area contributed by atoms with Crippen LogP contribution in [0.5, 0.6) is 0 Å². The molecule has 0 spiro atoms. The van der Waals surface area contributed by atoms with Crippen LogP contribution in [0.3, 0.4) is 0 Å². The van der Waals surface area contributed by atoms with Gasteiger partial charge in [-0.25, -0.2) is 0 Å². The van der Waals surface area contributed by atoms with E-state index in [1.54, 1.807) is 0 Å². The topological polar surface area (TPSA) is 71.0 Å². The van der Waals surface area contributed by atoms with E-state index in [-0.39, 0.29) is 25.4 Å². The molecule has 1 aliphatic carbocycles. The summed E-state index contributed by atoms with van der Waals surface area (Å²) in [6.45, 7) is 9.49. The molecule has 2 bridgehead atoms. The van der Waals surface area contributed by atoms with Crippen LogP contribution >= 0.6 is 34.8 Å². The van der Waals surface area contributed by atoms with Gasteiger partial charge >= 0.3 is 0 Å². The zero-order valence-corrected chi connectivity index (χ0v) is 25.6. The van der Waals surface area contributed by atoms with Crippen molar-refractivity contribution in [2.24, 2.45) is 10.8 Å². The summed E-state index contributed by atoms with van der Waals surface area (Å²) in [7, 11) is 0. The molecule has 5 atom stereocenters. The Labute approximate surface area is 252 Å². The molecule has 218 valence electrons. The van der Waals surface area contributed by atoms with Crippen LogP contribution in [0.25, 0.3) is 0 Å². The van der Waals surface area contributed by atoms with Crippen molar-refractivity contribution in [2.45, 2.75) is 87.9 Å². The highest BCUT2D eigenvalue weighted by Gasteiger charge is 2.50. The maximum absolute atomic E-state index is 11.9. The van der Waals surface area contributed by atoms with Crippen LogP contribution in [0, 0.1) is 10.8 Å². The summed E-state index contributed by atoms with van der Waals surface area (Å²) in [5.41, 5.74) is 4.46. The lowest BCUT2D eigenvalue weighted by Gasteiger charge is -2.41. The van der Waals surface area contributed by atoms with Crippen molar-refractivity contribution in [2.75, 3.05) is 13.1 Å². The minimum absolute atomic E-state index is 0.00980. The average Bonchev–Trinajstić information content (AvgIpc) is 3.13. The Morgan fingerprint density at radius 3 is 2.30 bits per heavy atom. The van der Waals surface area contributed by atoms with Gasteiger partial charge in [0.25, 0.3) is 9.70 Å². The van der Waals surface area contributed by atoms with Gasteiger partial charge < -0.3 is 19.9 Å². The second kappa shape index (κ2) is 11.7. The van der Waals surface area contributed by atoms with Gasteiger partial charge in [0.1, 0.15) is 0 Å². The number of likely N-dealkylation sites (tertiary alicyclic amines) is 1. The number of hydrogen-bond acceptors (Lipinski definition) is 5. The Balaban J connectivity index is 1.32. The Morgan fingerprint density at radius 2 is 1.65 bits per heavy atom. The number of aliphatic hydroxyl groups is 1. The molecule has 2 N–H and O–H groups in total. The molecule has 1 amide bonds. The largest absolute Gasteiger partial charge is 0.392 e. The number of amides is 1. The van der Waals surface area contributed by atoms with E-state index in [0.29, 0.717) is 16.9 Å². The lowest BCUT2D eigenvalue weighted by atomic mass is 9.65. The minimum atomic E-state index is -2.00. The van der Waals surface area contributed by atoms with Crippen molar-refractivity contribution in [3.8, 4) is 0 Å². The number of fused-ring (bicyclic) bond motifs is 2. The third-order valence-corrected chi connectivity index (χ3v) is 9.05. The summed E-state index contributed by atoms with van der Waals surface area (Å²) in [5, 5.41) is 12.1. The van der Waals surface area contributed by atoms with Gasteiger partial charge in [0.15, 0.2) is 6.29 Å². The van der Waals surface area contributed by atoms with E-state index in [2.05, 4.69) is 31.0 Å². The lowest BCUT2D eigenvalue weighted by Crippen LogP contribution is -2.42. The second-order valence-corrected chi connectivity index (χ2v) is 15.2. The molecular weight excluding hydrogens is 571 g/mol. The van der Waals surface area contributed by atoms with Crippen LogP contribution in [0.1, 0.15) is 81.1 Å². The number of hydrogen-bond donors (Lipinski definition) is 2. The number of benzene rings is 2. The average molecular weight is 610 g/mol. The molecule has 2 heterocycles. The van der Waals surface area contributed by atoms with Crippen molar-refractivity contribution in [1.82, 2.24) is 10.2 Å². The fourth-order valence-corrected chi connectivity index (χ4v) is 7.36. The first kappa shape index (κ1) is 30.1. The predicted octanol–water partition coefficient (Wildman–Crippen LogP) is 6.61. The fourth-order valence-electron chi connectivity index (χ4n) is 7.16. The highest BCUT2D eigenvalue weighted by atomic mass is 35.6. The second-order valence-electron chi connectivity index (χ2n) is 12.9. The summed E-state index contributed by atoms with van der Waals surface area (Å²) >= 11 is 17.0. The van der Waals surface area contributed by atoms with Crippen LogP contribution in [-0.4, -0.2) is 44.9 Å². The third kappa shape index (κ3) is 7.15. The number of carbonyl (C=O) groups excluding carboxylic acids is 1. The van der Waals surface area contributed by atoms with Crippen LogP contribution < -0.4 is 5.32 Å². The molecule has 3 fully saturated rings. The maximum atomic E-state index is 11.9.